The number of nitrogens with one attached hydrogen (secondary N) is 4. The van der Waals surface area contributed by atoms with Gasteiger partial charge in [0.25, 0.3) is 11.8 Å². The summed E-state index contributed by atoms with van der Waals surface area (Å²) in [5.74, 6) is -2.07. The van der Waals surface area contributed by atoms with Gasteiger partial charge in [-0.25, -0.2) is 0 Å². The Bertz CT molecular complexity index is 1100. The molecule has 1 aliphatic carbocycles. The maximum absolute atomic E-state index is 12.4. The minimum Gasteiger partial charge on any atom is -0.482 e. The molecule has 0 radical (unpaired) electrons. The van der Waals surface area contributed by atoms with Crippen LogP contribution in [0.4, 0.5) is 0 Å². The summed E-state index contributed by atoms with van der Waals surface area (Å²) in [7, 11) is 0. The van der Waals surface area contributed by atoms with Crippen LogP contribution in [0.5, 0.6) is 11.5 Å². The van der Waals surface area contributed by atoms with Crippen molar-refractivity contribution in [2.45, 2.75) is 25.7 Å². The third-order valence-corrected chi connectivity index (χ3v) is 6.69. The van der Waals surface area contributed by atoms with Crippen LogP contribution < -0.4 is 31.2 Å². The molecule has 14 heteroatoms. The van der Waals surface area contributed by atoms with Gasteiger partial charge in [-0.2, -0.15) is 0 Å². The van der Waals surface area contributed by atoms with Gasteiger partial charge in [0.05, 0.1) is 10.0 Å². The fourth-order valence-electron chi connectivity index (χ4n) is 3.63. The van der Waals surface area contributed by atoms with Gasteiger partial charge in [-0.3, -0.25) is 40.9 Å². The Morgan fingerprint density at radius 3 is 1.34 bits per heavy atom. The summed E-state index contributed by atoms with van der Waals surface area (Å²) < 4.78 is 10.6. The second-order valence-electron chi connectivity index (χ2n) is 8.35. The zero-order valence-electron chi connectivity index (χ0n) is 19.8. The van der Waals surface area contributed by atoms with E-state index < -0.39 is 11.8 Å². The van der Waals surface area contributed by atoms with Gasteiger partial charge in [-0.1, -0.05) is 46.4 Å². The number of halogens is 4. The molecule has 1 aliphatic rings. The molecule has 0 bridgehead atoms. The summed E-state index contributed by atoms with van der Waals surface area (Å²) >= 11 is 23.6. The average molecular weight is 606 g/mol. The van der Waals surface area contributed by atoms with Crippen molar-refractivity contribution in [1.82, 2.24) is 21.7 Å². The highest BCUT2D eigenvalue weighted by Crippen LogP contribution is 2.30. The number of hydrazine groups is 2. The first-order valence-electron chi connectivity index (χ1n) is 11.5. The third kappa shape index (κ3) is 9.13. The topological polar surface area (TPSA) is 135 Å². The molecule has 2 aromatic carbocycles. The molecule has 4 amide bonds. The lowest BCUT2D eigenvalue weighted by Gasteiger charge is -2.27. The van der Waals surface area contributed by atoms with Crippen LogP contribution in [-0.2, 0) is 19.2 Å². The summed E-state index contributed by atoms with van der Waals surface area (Å²) in [5.41, 5.74) is 9.32. The monoisotopic (exact) mass is 604 g/mol. The number of rotatable bonds is 8. The lowest BCUT2D eigenvalue weighted by molar-refractivity contribution is -0.135. The van der Waals surface area contributed by atoms with Crippen molar-refractivity contribution in [3.8, 4) is 11.5 Å². The Morgan fingerprint density at radius 2 is 1.00 bits per heavy atom. The molecule has 1 fully saturated rings. The van der Waals surface area contributed by atoms with Crippen LogP contribution in [0, 0.1) is 11.8 Å². The van der Waals surface area contributed by atoms with Crippen LogP contribution in [0.3, 0.4) is 0 Å². The Hall–Kier alpha value is -2.92. The van der Waals surface area contributed by atoms with E-state index in [2.05, 4.69) is 21.7 Å². The highest BCUT2D eigenvalue weighted by atomic mass is 35.5. The molecule has 38 heavy (non-hydrogen) atoms. The van der Waals surface area contributed by atoms with Crippen molar-refractivity contribution < 1.29 is 28.7 Å². The van der Waals surface area contributed by atoms with Gasteiger partial charge >= 0.3 is 0 Å². The molecule has 0 heterocycles. The number of hydrogen-bond acceptors (Lipinski definition) is 6. The molecule has 0 aliphatic heterocycles. The summed E-state index contributed by atoms with van der Waals surface area (Å²) in [6.07, 6.45) is 1.73. The summed E-state index contributed by atoms with van der Waals surface area (Å²) in [5, 5.41) is 1.37. The first-order chi connectivity index (χ1) is 18.1. The zero-order valence-corrected chi connectivity index (χ0v) is 22.8. The molecule has 0 atom stereocenters. The molecular formula is C24H24Cl4N4O6. The van der Waals surface area contributed by atoms with E-state index in [-0.39, 0.29) is 58.4 Å². The van der Waals surface area contributed by atoms with E-state index in [1.54, 1.807) is 12.1 Å². The quantitative estimate of drug-likeness (QED) is 0.338. The Balaban J connectivity index is 1.31. The largest absolute Gasteiger partial charge is 0.482 e. The number of hydrogen-bond donors (Lipinski definition) is 4. The van der Waals surface area contributed by atoms with Gasteiger partial charge in [0.2, 0.25) is 11.8 Å². The molecular weight excluding hydrogens is 582 g/mol. The zero-order chi connectivity index (χ0) is 27.7. The molecule has 10 nitrogen and oxygen atoms in total. The molecule has 4 N–H and O–H groups in total. The smallest absolute Gasteiger partial charge is 0.276 e. The lowest BCUT2D eigenvalue weighted by Crippen LogP contribution is -2.48. The van der Waals surface area contributed by atoms with E-state index in [1.807, 2.05) is 0 Å². The average Bonchev–Trinajstić information content (AvgIpc) is 2.89. The van der Waals surface area contributed by atoms with Crippen molar-refractivity contribution in [1.29, 1.82) is 0 Å². The number of carbonyl (C=O) groups excluding carboxylic acids is 4. The van der Waals surface area contributed by atoms with Gasteiger partial charge in [-0.15, -0.1) is 0 Å². The Kier molecular flexibility index (Phi) is 11.1. The number of benzene rings is 2. The molecule has 2 aromatic rings. The van der Waals surface area contributed by atoms with Crippen LogP contribution in [0.1, 0.15) is 25.7 Å². The minimum absolute atomic E-state index is 0.255. The molecule has 204 valence electrons. The molecule has 0 unspecified atom stereocenters. The normalized spacial score (nSPS) is 16.6. The second-order valence-corrected chi connectivity index (χ2v) is 10.0. The van der Waals surface area contributed by atoms with Gasteiger partial charge in [0, 0.05) is 21.9 Å². The second kappa shape index (κ2) is 14.3. The summed E-state index contributed by atoms with van der Waals surface area (Å²) in [4.78, 5) is 48.8. The summed E-state index contributed by atoms with van der Waals surface area (Å²) in [6.45, 7) is -0.726. The Morgan fingerprint density at radius 1 is 0.632 bits per heavy atom. The van der Waals surface area contributed by atoms with Crippen molar-refractivity contribution in [2.24, 2.45) is 11.8 Å². The molecule has 0 aromatic heterocycles. The van der Waals surface area contributed by atoms with Crippen molar-refractivity contribution in [3.05, 3.63) is 56.5 Å². The standard InChI is InChI=1S/C24H24Cl4N4O6/c25-15-5-7-19(17(27)9-15)37-11-21(33)29-31-23(35)13-1-2-14(4-3-13)24(36)32-30-22(34)12-38-20-8-6-16(26)10-18(20)28/h5-10,13-14H,1-4,11-12H2,(H,29,33)(H,30,34)(H,31,35)(H,32,36). The predicted molar refractivity (Wildman–Crippen MR) is 142 cm³/mol. The highest BCUT2D eigenvalue weighted by molar-refractivity contribution is 6.36. The summed E-state index contributed by atoms with van der Waals surface area (Å²) in [6, 6.07) is 9.16. The molecule has 1 saturated carbocycles. The van der Waals surface area contributed by atoms with Gasteiger partial charge in [-0.05, 0) is 62.1 Å². The highest BCUT2D eigenvalue weighted by Gasteiger charge is 2.30. The van der Waals surface area contributed by atoms with E-state index >= 15 is 0 Å². The fourth-order valence-corrected chi connectivity index (χ4v) is 4.55. The van der Waals surface area contributed by atoms with Crippen LogP contribution in [0.2, 0.25) is 20.1 Å². The van der Waals surface area contributed by atoms with Gasteiger partial charge < -0.3 is 9.47 Å². The number of amides is 4. The fraction of sp³-hybridized carbons (Fsp3) is 0.333. The maximum Gasteiger partial charge on any atom is 0.276 e. The van der Waals surface area contributed by atoms with E-state index in [0.29, 0.717) is 35.7 Å². The Labute approximate surface area is 238 Å². The van der Waals surface area contributed by atoms with E-state index in [9.17, 15) is 19.2 Å². The van der Waals surface area contributed by atoms with Crippen LogP contribution in [0.15, 0.2) is 36.4 Å². The maximum atomic E-state index is 12.4. The molecule has 3 rings (SSSR count). The molecule has 0 spiro atoms. The number of carbonyl (C=O) groups is 4. The first-order valence-corrected chi connectivity index (χ1v) is 13.0. The third-order valence-electron chi connectivity index (χ3n) is 5.62. The molecule has 0 saturated heterocycles. The number of ether oxygens (including phenoxy) is 2. The van der Waals surface area contributed by atoms with Crippen LogP contribution in [-0.4, -0.2) is 36.8 Å². The van der Waals surface area contributed by atoms with Gasteiger partial charge in [0.1, 0.15) is 11.5 Å². The lowest BCUT2D eigenvalue weighted by atomic mass is 9.81. The van der Waals surface area contributed by atoms with Gasteiger partial charge in [0.15, 0.2) is 13.2 Å². The van der Waals surface area contributed by atoms with Crippen LogP contribution in [0.25, 0.3) is 0 Å². The van der Waals surface area contributed by atoms with E-state index in [0.717, 1.165) is 0 Å². The SMILES string of the molecule is O=C(COc1ccc(Cl)cc1Cl)NNC(=O)C1CCC(C(=O)NNC(=O)COc2ccc(Cl)cc2Cl)CC1. The van der Waals surface area contributed by atoms with Crippen LogP contribution >= 0.6 is 46.4 Å². The van der Waals surface area contributed by atoms with E-state index in [1.165, 1.54) is 24.3 Å². The first kappa shape index (κ1) is 29.6. The van der Waals surface area contributed by atoms with Crippen molar-refractivity contribution in [2.75, 3.05) is 13.2 Å². The minimum atomic E-state index is -0.574. The van der Waals surface area contributed by atoms with Crippen molar-refractivity contribution in [3.63, 3.8) is 0 Å². The van der Waals surface area contributed by atoms with E-state index in [4.69, 9.17) is 55.9 Å². The van der Waals surface area contributed by atoms with Crippen molar-refractivity contribution >= 4 is 70.0 Å². The predicted octanol–water partition coefficient (Wildman–Crippen LogP) is 3.86.